The number of aromatic nitrogens is 1. The van der Waals surface area contributed by atoms with Gasteiger partial charge in [-0.2, -0.15) is 0 Å². The average molecular weight is 319 g/mol. The molecular weight excluding hydrogens is 304 g/mol. The molecule has 0 saturated heterocycles. The highest BCUT2D eigenvalue weighted by molar-refractivity contribution is 6.30. The summed E-state index contributed by atoms with van der Waals surface area (Å²) in [4.78, 5) is 16.6. The number of aliphatic hydroxyl groups is 1. The van der Waals surface area contributed by atoms with Crippen molar-refractivity contribution in [3.05, 3.63) is 52.8 Å². The summed E-state index contributed by atoms with van der Waals surface area (Å²) in [5.41, 5.74) is 1.93. The Balaban J connectivity index is 1.86. The van der Waals surface area contributed by atoms with Gasteiger partial charge in [0.1, 0.15) is 5.75 Å². The standard InChI is InChI=1S/C16H15ClN2O3/c17-11-1-2-15-13(7-11)12(4-6-22-15)16(21)19-14-8-18-5-3-10(14)9-20/h1-3,5,7-8,12,20H,4,6,9H2,(H,19,21). The van der Waals surface area contributed by atoms with E-state index in [-0.39, 0.29) is 18.4 Å². The van der Waals surface area contributed by atoms with Crippen molar-refractivity contribution in [1.29, 1.82) is 0 Å². The number of rotatable bonds is 3. The first-order valence-corrected chi connectivity index (χ1v) is 7.33. The number of anilines is 1. The number of amides is 1. The number of pyridine rings is 1. The second kappa shape index (κ2) is 6.34. The summed E-state index contributed by atoms with van der Waals surface area (Å²) in [5.74, 6) is 0.188. The van der Waals surface area contributed by atoms with Crippen molar-refractivity contribution in [3.8, 4) is 5.75 Å². The van der Waals surface area contributed by atoms with Gasteiger partial charge in [-0.25, -0.2) is 0 Å². The number of carbonyl (C=O) groups is 1. The molecular formula is C16H15ClN2O3. The maximum Gasteiger partial charge on any atom is 0.232 e. The predicted molar refractivity (Wildman–Crippen MR) is 83.1 cm³/mol. The summed E-state index contributed by atoms with van der Waals surface area (Å²) in [7, 11) is 0. The highest BCUT2D eigenvalue weighted by Crippen LogP contribution is 2.36. The molecule has 5 nitrogen and oxygen atoms in total. The molecule has 1 atom stereocenters. The van der Waals surface area contributed by atoms with Crippen molar-refractivity contribution < 1.29 is 14.6 Å². The molecule has 114 valence electrons. The number of nitrogens with zero attached hydrogens (tertiary/aromatic N) is 1. The molecule has 1 amide bonds. The first-order chi connectivity index (χ1) is 10.7. The summed E-state index contributed by atoms with van der Waals surface area (Å²) in [5, 5.41) is 12.7. The largest absolute Gasteiger partial charge is 0.493 e. The highest BCUT2D eigenvalue weighted by Gasteiger charge is 2.28. The van der Waals surface area contributed by atoms with Crippen LogP contribution in [0.2, 0.25) is 5.02 Å². The van der Waals surface area contributed by atoms with Crippen LogP contribution in [0.1, 0.15) is 23.5 Å². The maximum atomic E-state index is 12.6. The van der Waals surface area contributed by atoms with Crippen LogP contribution in [-0.2, 0) is 11.4 Å². The lowest BCUT2D eigenvalue weighted by Crippen LogP contribution is -2.27. The van der Waals surface area contributed by atoms with E-state index in [9.17, 15) is 9.90 Å². The fourth-order valence-corrected chi connectivity index (χ4v) is 2.71. The third kappa shape index (κ3) is 2.91. The van der Waals surface area contributed by atoms with E-state index in [1.54, 1.807) is 30.5 Å². The van der Waals surface area contributed by atoms with Crippen molar-refractivity contribution in [3.63, 3.8) is 0 Å². The lowest BCUT2D eigenvalue weighted by molar-refractivity contribution is -0.118. The van der Waals surface area contributed by atoms with Crippen LogP contribution in [0.3, 0.4) is 0 Å². The summed E-state index contributed by atoms with van der Waals surface area (Å²) in [6.45, 7) is 0.320. The molecule has 0 bridgehead atoms. The Morgan fingerprint density at radius 3 is 3.14 bits per heavy atom. The van der Waals surface area contributed by atoms with Gasteiger partial charge >= 0.3 is 0 Å². The van der Waals surface area contributed by atoms with Gasteiger partial charge in [0.05, 0.1) is 31.0 Å². The van der Waals surface area contributed by atoms with E-state index in [4.69, 9.17) is 16.3 Å². The lowest BCUT2D eigenvalue weighted by Gasteiger charge is -2.25. The Morgan fingerprint density at radius 1 is 1.45 bits per heavy atom. The van der Waals surface area contributed by atoms with Crippen LogP contribution < -0.4 is 10.1 Å². The molecule has 0 fully saturated rings. The first kappa shape index (κ1) is 14.8. The van der Waals surface area contributed by atoms with Gasteiger partial charge < -0.3 is 15.2 Å². The number of aliphatic hydroxyl groups excluding tert-OH is 1. The van der Waals surface area contributed by atoms with Crippen molar-refractivity contribution in [2.75, 3.05) is 11.9 Å². The number of benzene rings is 1. The zero-order valence-corrected chi connectivity index (χ0v) is 12.5. The van der Waals surface area contributed by atoms with Gasteiger partial charge in [-0.15, -0.1) is 0 Å². The minimum Gasteiger partial charge on any atom is -0.493 e. The number of hydrogen-bond acceptors (Lipinski definition) is 4. The van der Waals surface area contributed by atoms with E-state index in [1.165, 1.54) is 6.20 Å². The van der Waals surface area contributed by atoms with Crippen LogP contribution in [0.4, 0.5) is 5.69 Å². The molecule has 6 heteroatoms. The van der Waals surface area contributed by atoms with Crippen LogP contribution in [0.25, 0.3) is 0 Å². The van der Waals surface area contributed by atoms with Crippen molar-refractivity contribution >= 4 is 23.2 Å². The van der Waals surface area contributed by atoms with E-state index < -0.39 is 0 Å². The zero-order chi connectivity index (χ0) is 15.5. The van der Waals surface area contributed by atoms with E-state index in [0.29, 0.717) is 35.1 Å². The van der Waals surface area contributed by atoms with E-state index >= 15 is 0 Å². The second-order valence-corrected chi connectivity index (χ2v) is 5.49. The fraction of sp³-hybridized carbons (Fsp3) is 0.250. The number of ether oxygens (including phenoxy) is 1. The minimum absolute atomic E-state index is 0.158. The van der Waals surface area contributed by atoms with Gasteiger partial charge in [-0.1, -0.05) is 11.6 Å². The van der Waals surface area contributed by atoms with Crippen molar-refractivity contribution in [2.24, 2.45) is 0 Å². The molecule has 22 heavy (non-hydrogen) atoms. The summed E-state index contributed by atoms with van der Waals surface area (Å²) >= 11 is 6.02. The van der Waals surface area contributed by atoms with Gasteiger partial charge in [0.15, 0.2) is 0 Å². The summed E-state index contributed by atoms with van der Waals surface area (Å²) in [6.07, 6.45) is 3.68. The molecule has 1 unspecified atom stereocenters. The average Bonchev–Trinajstić information content (AvgIpc) is 2.54. The number of hydrogen-bond donors (Lipinski definition) is 2. The minimum atomic E-state index is -0.339. The van der Waals surface area contributed by atoms with E-state index in [2.05, 4.69) is 10.3 Å². The number of fused-ring (bicyclic) bond motifs is 1. The predicted octanol–water partition coefficient (Wildman–Crippen LogP) is 2.73. The first-order valence-electron chi connectivity index (χ1n) is 6.96. The molecule has 1 aromatic carbocycles. The quantitative estimate of drug-likeness (QED) is 0.913. The normalized spacial score (nSPS) is 16.5. The van der Waals surface area contributed by atoms with Gasteiger partial charge in [0, 0.05) is 22.3 Å². The van der Waals surface area contributed by atoms with Crippen molar-refractivity contribution in [2.45, 2.75) is 18.9 Å². The third-order valence-corrected chi connectivity index (χ3v) is 3.90. The molecule has 2 N–H and O–H groups in total. The molecule has 3 rings (SSSR count). The van der Waals surface area contributed by atoms with Crippen LogP contribution >= 0.6 is 11.6 Å². The van der Waals surface area contributed by atoms with Gasteiger partial charge in [0.2, 0.25) is 5.91 Å². The number of carbonyl (C=O) groups excluding carboxylic acids is 1. The van der Waals surface area contributed by atoms with Gasteiger partial charge in [0.25, 0.3) is 0 Å². The summed E-state index contributed by atoms with van der Waals surface area (Å²) in [6, 6.07) is 6.95. The SMILES string of the molecule is O=C(Nc1cnccc1CO)C1CCOc2ccc(Cl)cc21. The zero-order valence-electron chi connectivity index (χ0n) is 11.8. The third-order valence-electron chi connectivity index (χ3n) is 3.67. The van der Waals surface area contributed by atoms with Crippen LogP contribution in [0.15, 0.2) is 36.7 Å². The monoisotopic (exact) mass is 318 g/mol. The van der Waals surface area contributed by atoms with E-state index in [0.717, 1.165) is 5.56 Å². The molecule has 0 aliphatic carbocycles. The molecule has 1 aliphatic rings. The Hall–Kier alpha value is -2.11. The molecule has 1 aromatic heterocycles. The summed E-state index contributed by atoms with van der Waals surface area (Å²) < 4.78 is 5.56. The van der Waals surface area contributed by atoms with Crippen LogP contribution in [0.5, 0.6) is 5.75 Å². The second-order valence-electron chi connectivity index (χ2n) is 5.05. The lowest BCUT2D eigenvalue weighted by atomic mass is 9.92. The van der Waals surface area contributed by atoms with Crippen LogP contribution in [0, 0.1) is 0 Å². The Bertz CT molecular complexity index is 706. The number of nitrogens with one attached hydrogen (secondary N) is 1. The molecule has 2 heterocycles. The molecule has 0 radical (unpaired) electrons. The molecule has 0 spiro atoms. The molecule has 1 aliphatic heterocycles. The molecule has 0 saturated carbocycles. The van der Waals surface area contributed by atoms with Crippen LogP contribution in [-0.4, -0.2) is 22.6 Å². The van der Waals surface area contributed by atoms with Gasteiger partial charge in [-0.3, -0.25) is 9.78 Å². The molecule has 2 aromatic rings. The maximum absolute atomic E-state index is 12.6. The highest BCUT2D eigenvalue weighted by atomic mass is 35.5. The van der Waals surface area contributed by atoms with E-state index in [1.807, 2.05) is 0 Å². The van der Waals surface area contributed by atoms with Crippen molar-refractivity contribution in [1.82, 2.24) is 4.98 Å². The smallest absolute Gasteiger partial charge is 0.232 e. The topological polar surface area (TPSA) is 71.5 Å². The Kier molecular flexibility index (Phi) is 4.27. The Labute approximate surface area is 132 Å². The Morgan fingerprint density at radius 2 is 2.32 bits per heavy atom. The number of halogens is 1. The van der Waals surface area contributed by atoms with Gasteiger partial charge in [-0.05, 0) is 30.7 Å². The fourth-order valence-electron chi connectivity index (χ4n) is 2.53.